The summed E-state index contributed by atoms with van der Waals surface area (Å²) in [6, 6.07) is 11.2. The van der Waals surface area contributed by atoms with Crippen LogP contribution >= 0.6 is 0 Å². The number of nitrogens with zero attached hydrogens (tertiary/aromatic N) is 2. The fourth-order valence-electron chi connectivity index (χ4n) is 4.18. The lowest BCUT2D eigenvalue weighted by Gasteiger charge is -2.34. The zero-order chi connectivity index (χ0) is 23.6. The zero-order valence-corrected chi connectivity index (χ0v) is 18.8. The van der Waals surface area contributed by atoms with E-state index in [1.54, 1.807) is 30.3 Å². The van der Waals surface area contributed by atoms with Crippen molar-refractivity contribution in [1.29, 1.82) is 0 Å². The van der Waals surface area contributed by atoms with Gasteiger partial charge >= 0.3 is 6.18 Å². The van der Waals surface area contributed by atoms with Crippen LogP contribution in [-0.4, -0.2) is 44.0 Å². The second-order valence-corrected chi connectivity index (χ2v) is 8.47. The SMILES string of the molecule is CCCCc1oc2ccccc2c1C(=O)Nc1ccc(N2CCN(C)CC2)cc1C(F)(F)F. The zero-order valence-electron chi connectivity index (χ0n) is 18.8. The number of carbonyl (C=O) groups excluding carboxylic acids is 1. The van der Waals surface area contributed by atoms with Crippen LogP contribution in [0.4, 0.5) is 24.5 Å². The molecule has 0 spiro atoms. The van der Waals surface area contributed by atoms with Gasteiger partial charge in [-0.25, -0.2) is 0 Å². The third-order valence-electron chi connectivity index (χ3n) is 6.08. The maximum absolute atomic E-state index is 14.0. The number of hydrogen-bond acceptors (Lipinski definition) is 4. The first-order chi connectivity index (χ1) is 15.8. The molecule has 4 rings (SSSR count). The monoisotopic (exact) mass is 459 g/mol. The number of unbranched alkanes of at least 4 members (excludes halogenated alkanes) is 1. The van der Waals surface area contributed by atoms with E-state index in [-0.39, 0.29) is 5.69 Å². The summed E-state index contributed by atoms with van der Waals surface area (Å²) in [5, 5.41) is 3.12. The van der Waals surface area contributed by atoms with Crippen molar-refractivity contribution in [1.82, 2.24) is 4.90 Å². The van der Waals surface area contributed by atoms with E-state index in [9.17, 15) is 18.0 Å². The average molecular weight is 460 g/mol. The van der Waals surface area contributed by atoms with Crippen molar-refractivity contribution in [2.75, 3.05) is 43.4 Å². The third-order valence-corrected chi connectivity index (χ3v) is 6.08. The molecule has 1 saturated heterocycles. The number of halogens is 3. The fraction of sp³-hybridized carbons (Fsp3) is 0.400. The number of benzene rings is 2. The van der Waals surface area contributed by atoms with Gasteiger partial charge in [-0.2, -0.15) is 13.2 Å². The highest BCUT2D eigenvalue weighted by Gasteiger charge is 2.35. The quantitative estimate of drug-likeness (QED) is 0.506. The van der Waals surface area contributed by atoms with Gasteiger partial charge in [-0.1, -0.05) is 31.5 Å². The molecule has 0 bridgehead atoms. The third kappa shape index (κ3) is 5.00. The Balaban J connectivity index is 1.67. The van der Waals surface area contributed by atoms with Crippen LogP contribution in [0.3, 0.4) is 0 Å². The number of amides is 1. The highest BCUT2D eigenvalue weighted by atomic mass is 19.4. The van der Waals surface area contributed by atoms with Gasteiger partial charge in [0.25, 0.3) is 5.91 Å². The standard InChI is InChI=1S/C25H28F3N3O2/c1-3-4-8-22-23(18-7-5-6-9-21(18)33-22)24(32)29-20-11-10-17(16-19(20)25(26,27)28)31-14-12-30(2)13-15-31/h5-7,9-11,16H,3-4,8,12-15H2,1-2H3,(H,29,32). The minimum absolute atomic E-state index is 0.253. The molecule has 1 N–H and O–H groups in total. The van der Waals surface area contributed by atoms with E-state index in [2.05, 4.69) is 10.2 Å². The Morgan fingerprint density at radius 2 is 1.82 bits per heavy atom. The molecule has 1 aliphatic rings. The fourth-order valence-corrected chi connectivity index (χ4v) is 4.18. The van der Waals surface area contributed by atoms with Crippen LogP contribution in [0.15, 0.2) is 46.9 Å². The van der Waals surface area contributed by atoms with Crippen LogP contribution in [0.5, 0.6) is 0 Å². The molecule has 1 aromatic heterocycles. The summed E-state index contributed by atoms with van der Waals surface area (Å²) in [5.74, 6) is -0.0953. The maximum Gasteiger partial charge on any atom is 0.418 e. The highest BCUT2D eigenvalue weighted by Crippen LogP contribution is 2.38. The van der Waals surface area contributed by atoms with Gasteiger partial charge in [0.2, 0.25) is 0 Å². The molecule has 3 aromatic rings. The number of furan rings is 1. The topological polar surface area (TPSA) is 48.7 Å². The molecule has 8 heteroatoms. The van der Waals surface area contributed by atoms with Crippen molar-refractivity contribution in [2.24, 2.45) is 0 Å². The molecule has 1 fully saturated rings. The van der Waals surface area contributed by atoms with Crippen molar-refractivity contribution in [3.8, 4) is 0 Å². The maximum atomic E-state index is 14.0. The smallest absolute Gasteiger partial charge is 0.418 e. The van der Waals surface area contributed by atoms with Crippen molar-refractivity contribution in [3.63, 3.8) is 0 Å². The summed E-state index contributed by atoms with van der Waals surface area (Å²) >= 11 is 0. The molecule has 0 aliphatic carbocycles. The Morgan fingerprint density at radius 1 is 1.09 bits per heavy atom. The summed E-state index contributed by atoms with van der Waals surface area (Å²) < 4.78 is 47.7. The number of aryl methyl sites for hydroxylation is 1. The normalized spacial score (nSPS) is 15.2. The molecule has 1 amide bonds. The first-order valence-electron chi connectivity index (χ1n) is 11.2. The minimum atomic E-state index is -4.60. The minimum Gasteiger partial charge on any atom is -0.460 e. The molecule has 2 heterocycles. The Hall–Kier alpha value is -3.00. The highest BCUT2D eigenvalue weighted by molar-refractivity contribution is 6.13. The Bertz CT molecular complexity index is 1130. The Labute approximate surface area is 191 Å². The van der Waals surface area contributed by atoms with Crippen molar-refractivity contribution >= 4 is 28.3 Å². The lowest BCUT2D eigenvalue weighted by atomic mass is 10.1. The molecule has 0 radical (unpaired) electrons. The van der Waals surface area contributed by atoms with Gasteiger partial charge in [0.1, 0.15) is 11.3 Å². The number of piperazine rings is 1. The number of nitrogens with one attached hydrogen (secondary N) is 1. The number of hydrogen-bond donors (Lipinski definition) is 1. The lowest BCUT2D eigenvalue weighted by molar-refractivity contribution is -0.136. The van der Waals surface area contributed by atoms with Crippen molar-refractivity contribution in [3.05, 3.63) is 59.4 Å². The Kier molecular flexibility index (Phi) is 6.65. The van der Waals surface area contributed by atoms with Gasteiger partial charge in [-0.15, -0.1) is 0 Å². The first kappa shape index (κ1) is 23.2. The molecular formula is C25H28F3N3O2. The summed E-state index contributed by atoms with van der Waals surface area (Å²) in [6.07, 6.45) is -2.34. The number of likely N-dealkylation sites (N-methyl/N-ethyl adjacent to an activating group) is 1. The van der Waals surface area contributed by atoms with E-state index in [0.717, 1.165) is 32.0 Å². The van der Waals surface area contributed by atoms with Gasteiger partial charge in [0.15, 0.2) is 0 Å². The number of fused-ring (bicyclic) bond motifs is 1. The van der Waals surface area contributed by atoms with E-state index in [4.69, 9.17) is 4.42 Å². The summed E-state index contributed by atoms with van der Waals surface area (Å²) in [5.41, 5.74) is 0.253. The molecule has 33 heavy (non-hydrogen) atoms. The summed E-state index contributed by atoms with van der Waals surface area (Å²) in [6.45, 7) is 4.91. The van der Waals surface area contributed by atoms with Gasteiger partial charge in [0.05, 0.1) is 16.8 Å². The van der Waals surface area contributed by atoms with E-state index in [1.165, 1.54) is 6.07 Å². The molecular weight excluding hydrogens is 431 g/mol. The van der Waals surface area contributed by atoms with Crippen molar-refractivity contribution < 1.29 is 22.4 Å². The van der Waals surface area contributed by atoms with Crippen LogP contribution in [0.2, 0.25) is 0 Å². The van der Waals surface area contributed by atoms with E-state index in [0.29, 0.717) is 47.5 Å². The predicted octanol–water partition coefficient (Wildman–Crippen LogP) is 5.80. The molecule has 2 aromatic carbocycles. The average Bonchev–Trinajstić information content (AvgIpc) is 3.16. The van der Waals surface area contributed by atoms with Gasteiger partial charge in [-0.05, 0) is 37.7 Å². The molecule has 0 atom stereocenters. The Morgan fingerprint density at radius 3 is 2.52 bits per heavy atom. The van der Waals surface area contributed by atoms with Crippen LogP contribution in [0, 0.1) is 0 Å². The second kappa shape index (κ2) is 9.47. The molecule has 0 unspecified atom stereocenters. The summed E-state index contributed by atoms with van der Waals surface area (Å²) in [7, 11) is 1.99. The summed E-state index contributed by atoms with van der Waals surface area (Å²) in [4.78, 5) is 17.3. The molecule has 0 saturated carbocycles. The number of carbonyl (C=O) groups is 1. The number of alkyl halides is 3. The number of para-hydroxylation sites is 1. The molecule has 5 nitrogen and oxygen atoms in total. The molecule has 176 valence electrons. The lowest BCUT2D eigenvalue weighted by Crippen LogP contribution is -2.44. The number of anilines is 2. The predicted molar refractivity (Wildman–Crippen MR) is 124 cm³/mol. The van der Waals surface area contributed by atoms with E-state index < -0.39 is 17.6 Å². The van der Waals surface area contributed by atoms with Crippen molar-refractivity contribution in [2.45, 2.75) is 32.4 Å². The number of rotatable bonds is 6. The van der Waals surface area contributed by atoms with Gasteiger partial charge in [0, 0.05) is 43.7 Å². The van der Waals surface area contributed by atoms with Gasteiger partial charge < -0.3 is 19.5 Å². The van der Waals surface area contributed by atoms with Crippen LogP contribution in [0.25, 0.3) is 11.0 Å². The molecule has 1 aliphatic heterocycles. The van der Waals surface area contributed by atoms with Crippen LogP contribution < -0.4 is 10.2 Å². The van der Waals surface area contributed by atoms with Crippen LogP contribution in [-0.2, 0) is 12.6 Å². The second-order valence-electron chi connectivity index (χ2n) is 8.47. The van der Waals surface area contributed by atoms with Gasteiger partial charge in [-0.3, -0.25) is 4.79 Å². The largest absolute Gasteiger partial charge is 0.460 e. The van der Waals surface area contributed by atoms with E-state index in [1.807, 2.05) is 18.9 Å². The first-order valence-corrected chi connectivity index (χ1v) is 11.2. The van der Waals surface area contributed by atoms with Crippen LogP contribution in [0.1, 0.15) is 41.4 Å². The van der Waals surface area contributed by atoms with E-state index >= 15 is 0 Å².